The maximum absolute atomic E-state index is 11.5. The minimum Gasteiger partial charge on any atom is -0.481 e. The van der Waals surface area contributed by atoms with E-state index in [1.807, 2.05) is 0 Å². The molecule has 0 radical (unpaired) electrons. The summed E-state index contributed by atoms with van der Waals surface area (Å²) in [6.07, 6.45) is 1.22. The van der Waals surface area contributed by atoms with Crippen LogP contribution in [0.4, 0.5) is 4.79 Å². The van der Waals surface area contributed by atoms with E-state index in [9.17, 15) is 14.4 Å². The Morgan fingerprint density at radius 1 is 1.14 bits per heavy atom. The van der Waals surface area contributed by atoms with Crippen molar-refractivity contribution in [3.63, 3.8) is 0 Å². The summed E-state index contributed by atoms with van der Waals surface area (Å²) in [5, 5.41) is 13.5. The maximum atomic E-state index is 11.5. The molecule has 0 rings (SSSR count). The number of amides is 2. The molecule has 0 aliphatic rings. The van der Waals surface area contributed by atoms with Crippen LogP contribution in [0.25, 0.3) is 0 Å². The molecular formula is C14H27N3O5. The molecule has 0 saturated heterocycles. The van der Waals surface area contributed by atoms with Gasteiger partial charge in [-0.25, -0.2) is 4.79 Å². The van der Waals surface area contributed by atoms with E-state index >= 15 is 0 Å². The summed E-state index contributed by atoms with van der Waals surface area (Å²) < 4.78 is 5.08. The Morgan fingerprint density at radius 2 is 1.77 bits per heavy atom. The smallest absolute Gasteiger partial charge is 0.407 e. The van der Waals surface area contributed by atoms with E-state index < -0.39 is 23.7 Å². The molecule has 0 saturated carbocycles. The second kappa shape index (κ2) is 9.99. The standard InChI is InChI=1S/C14H27N3O5/c1-14(2,3)22-13(21)17-8-5-4-6-10(15)12(20)16-9-7-11(18)19/h10H,4-9,15H2,1-3H3,(H,16,20)(H,17,21)(H,18,19)/t10-/m0/s1. The third kappa shape index (κ3) is 12.0. The van der Waals surface area contributed by atoms with Crippen molar-refractivity contribution in [2.75, 3.05) is 13.1 Å². The monoisotopic (exact) mass is 317 g/mol. The first-order valence-corrected chi connectivity index (χ1v) is 7.34. The molecule has 22 heavy (non-hydrogen) atoms. The Bertz CT molecular complexity index is 379. The van der Waals surface area contributed by atoms with Gasteiger partial charge >= 0.3 is 12.1 Å². The predicted molar refractivity (Wildman–Crippen MR) is 81.3 cm³/mol. The number of alkyl carbamates (subject to hydrolysis) is 1. The van der Waals surface area contributed by atoms with Crippen LogP contribution in [0, 0.1) is 0 Å². The molecule has 128 valence electrons. The van der Waals surface area contributed by atoms with E-state index in [1.54, 1.807) is 20.8 Å². The summed E-state index contributed by atoms with van der Waals surface area (Å²) in [6, 6.07) is -0.671. The Hall–Kier alpha value is -1.83. The van der Waals surface area contributed by atoms with Crippen molar-refractivity contribution in [3.8, 4) is 0 Å². The molecule has 1 atom stereocenters. The summed E-state index contributed by atoms with van der Waals surface area (Å²) in [7, 11) is 0. The van der Waals surface area contributed by atoms with Crippen LogP contribution in [0.15, 0.2) is 0 Å². The number of aliphatic carboxylic acids is 1. The van der Waals surface area contributed by atoms with Crippen LogP contribution in [0.2, 0.25) is 0 Å². The van der Waals surface area contributed by atoms with Gasteiger partial charge in [0, 0.05) is 13.1 Å². The predicted octanol–water partition coefficient (Wildman–Crippen LogP) is 0.600. The van der Waals surface area contributed by atoms with Gasteiger partial charge in [-0.3, -0.25) is 9.59 Å². The number of nitrogens with one attached hydrogen (secondary N) is 2. The molecule has 0 aromatic rings. The molecule has 0 heterocycles. The summed E-state index contributed by atoms with van der Waals surface area (Å²) in [4.78, 5) is 33.2. The van der Waals surface area contributed by atoms with Crippen molar-refractivity contribution >= 4 is 18.0 Å². The molecule has 0 aliphatic carbocycles. The fourth-order valence-corrected chi connectivity index (χ4v) is 1.55. The summed E-state index contributed by atoms with van der Waals surface area (Å²) in [5.41, 5.74) is 5.16. The minimum absolute atomic E-state index is 0.0715. The van der Waals surface area contributed by atoms with Gasteiger partial charge in [0.25, 0.3) is 0 Å². The first-order chi connectivity index (χ1) is 10.1. The van der Waals surface area contributed by atoms with Gasteiger partial charge in [-0.15, -0.1) is 0 Å². The number of carbonyl (C=O) groups excluding carboxylic acids is 2. The molecule has 0 aliphatic heterocycles. The highest BCUT2D eigenvalue weighted by molar-refractivity contribution is 5.81. The molecule has 5 N–H and O–H groups in total. The normalized spacial score (nSPS) is 12.4. The Labute approximate surface area is 130 Å². The number of carbonyl (C=O) groups is 3. The lowest BCUT2D eigenvalue weighted by Gasteiger charge is -2.19. The van der Waals surface area contributed by atoms with Crippen molar-refractivity contribution in [3.05, 3.63) is 0 Å². The van der Waals surface area contributed by atoms with E-state index in [1.165, 1.54) is 0 Å². The van der Waals surface area contributed by atoms with Crippen molar-refractivity contribution in [1.29, 1.82) is 0 Å². The fraction of sp³-hybridized carbons (Fsp3) is 0.786. The highest BCUT2D eigenvalue weighted by Crippen LogP contribution is 2.06. The third-order valence-electron chi connectivity index (χ3n) is 2.58. The number of unbranched alkanes of at least 4 members (excludes halogenated alkanes) is 1. The topological polar surface area (TPSA) is 131 Å². The molecule has 0 unspecified atom stereocenters. The van der Waals surface area contributed by atoms with Gasteiger partial charge < -0.3 is 26.2 Å². The minimum atomic E-state index is -0.970. The Balaban J connectivity index is 3.67. The van der Waals surface area contributed by atoms with Crippen LogP contribution in [-0.4, -0.2) is 47.8 Å². The van der Waals surface area contributed by atoms with Crippen molar-refractivity contribution < 1.29 is 24.2 Å². The number of rotatable bonds is 9. The molecule has 0 aromatic carbocycles. The zero-order valence-corrected chi connectivity index (χ0v) is 13.5. The number of hydrogen-bond acceptors (Lipinski definition) is 5. The SMILES string of the molecule is CC(C)(C)OC(=O)NCCCC[C@H](N)C(=O)NCCC(=O)O. The molecule has 0 fully saturated rings. The zero-order chi connectivity index (χ0) is 17.2. The van der Waals surface area contributed by atoms with E-state index in [-0.39, 0.29) is 18.9 Å². The summed E-state index contributed by atoms with van der Waals surface area (Å²) in [5.74, 6) is -1.33. The van der Waals surface area contributed by atoms with Crippen LogP contribution in [0.1, 0.15) is 46.5 Å². The quantitative estimate of drug-likeness (QED) is 0.461. The maximum Gasteiger partial charge on any atom is 0.407 e. The first-order valence-electron chi connectivity index (χ1n) is 7.34. The van der Waals surface area contributed by atoms with Crippen LogP contribution >= 0.6 is 0 Å². The van der Waals surface area contributed by atoms with Crippen molar-refractivity contribution in [1.82, 2.24) is 10.6 Å². The van der Waals surface area contributed by atoms with E-state index in [0.717, 1.165) is 0 Å². The van der Waals surface area contributed by atoms with Gasteiger partial charge in [0.15, 0.2) is 0 Å². The lowest BCUT2D eigenvalue weighted by molar-refractivity contribution is -0.137. The van der Waals surface area contributed by atoms with Gasteiger partial charge in [0.05, 0.1) is 12.5 Å². The molecule has 0 spiro atoms. The molecule has 0 bridgehead atoms. The fourth-order valence-electron chi connectivity index (χ4n) is 1.55. The number of nitrogens with two attached hydrogens (primary N) is 1. The molecule has 2 amide bonds. The van der Waals surface area contributed by atoms with Crippen molar-refractivity contribution in [2.45, 2.75) is 58.1 Å². The summed E-state index contributed by atoms with van der Waals surface area (Å²) in [6.45, 7) is 5.88. The second-order valence-electron chi connectivity index (χ2n) is 5.97. The lowest BCUT2D eigenvalue weighted by Crippen LogP contribution is -2.41. The van der Waals surface area contributed by atoms with Gasteiger partial charge in [-0.05, 0) is 40.0 Å². The van der Waals surface area contributed by atoms with Crippen LogP contribution < -0.4 is 16.4 Å². The Morgan fingerprint density at radius 3 is 2.32 bits per heavy atom. The average Bonchev–Trinajstić information content (AvgIpc) is 2.35. The Kier molecular flexibility index (Phi) is 9.16. The first kappa shape index (κ1) is 20.2. The van der Waals surface area contributed by atoms with Gasteiger partial charge in [0.2, 0.25) is 5.91 Å². The largest absolute Gasteiger partial charge is 0.481 e. The van der Waals surface area contributed by atoms with Gasteiger partial charge in [-0.1, -0.05) is 0 Å². The number of hydrogen-bond donors (Lipinski definition) is 4. The molecule has 8 heteroatoms. The third-order valence-corrected chi connectivity index (χ3v) is 2.58. The van der Waals surface area contributed by atoms with Crippen LogP contribution in [0.3, 0.4) is 0 Å². The molecule has 0 aromatic heterocycles. The van der Waals surface area contributed by atoms with Crippen molar-refractivity contribution in [2.24, 2.45) is 5.73 Å². The zero-order valence-electron chi connectivity index (χ0n) is 13.5. The summed E-state index contributed by atoms with van der Waals surface area (Å²) >= 11 is 0. The molecule has 8 nitrogen and oxygen atoms in total. The average molecular weight is 317 g/mol. The van der Waals surface area contributed by atoms with E-state index in [0.29, 0.717) is 25.8 Å². The number of carboxylic acids is 1. The van der Waals surface area contributed by atoms with E-state index in [2.05, 4.69) is 10.6 Å². The van der Waals surface area contributed by atoms with Gasteiger partial charge in [0.1, 0.15) is 5.60 Å². The van der Waals surface area contributed by atoms with Crippen LogP contribution in [-0.2, 0) is 14.3 Å². The number of carboxylic acid groups (broad SMARTS) is 1. The van der Waals surface area contributed by atoms with E-state index in [4.69, 9.17) is 15.6 Å². The number of ether oxygens (including phenoxy) is 1. The highest BCUT2D eigenvalue weighted by atomic mass is 16.6. The van der Waals surface area contributed by atoms with Crippen LogP contribution in [0.5, 0.6) is 0 Å². The molecular weight excluding hydrogens is 290 g/mol. The van der Waals surface area contributed by atoms with Gasteiger partial charge in [-0.2, -0.15) is 0 Å². The second-order valence-corrected chi connectivity index (χ2v) is 5.97. The highest BCUT2D eigenvalue weighted by Gasteiger charge is 2.16. The lowest BCUT2D eigenvalue weighted by atomic mass is 10.1.